The van der Waals surface area contributed by atoms with E-state index < -0.39 is 12.0 Å². The first-order chi connectivity index (χ1) is 6.77. The zero-order valence-electron chi connectivity index (χ0n) is 7.86. The van der Waals surface area contributed by atoms with Crippen molar-refractivity contribution in [1.29, 1.82) is 0 Å². The largest absolute Gasteiger partial charge is 0.480 e. The second-order valence-electron chi connectivity index (χ2n) is 3.58. The molecule has 1 aliphatic heterocycles. The van der Waals surface area contributed by atoms with E-state index in [0.717, 1.165) is 18.5 Å². The number of hydrogen-bond acceptors (Lipinski definition) is 2. The molecule has 1 aromatic rings. The molecule has 1 aromatic carbocycles. The van der Waals surface area contributed by atoms with Gasteiger partial charge < -0.3 is 10.4 Å². The molecule has 14 heavy (non-hydrogen) atoms. The molecule has 0 bridgehead atoms. The fraction of sp³-hybridized carbons (Fsp3) is 0.364. The molecular weight excluding hydrogens is 178 g/mol. The molecule has 1 atom stereocenters. The maximum Gasteiger partial charge on any atom is 0.326 e. The number of rotatable bonds is 1. The van der Waals surface area contributed by atoms with Gasteiger partial charge in [0.15, 0.2) is 0 Å². The van der Waals surface area contributed by atoms with Crippen LogP contribution in [0.3, 0.4) is 0 Å². The lowest BCUT2D eigenvalue weighted by molar-refractivity contribution is -0.138. The van der Waals surface area contributed by atoms with Crippen LogP contribution in [0.1, 0.15) is 18.4 Å². The van der Waals surface area contributed by atoms with Crippen LogP contribution in [0, 0.1) is 0 Å². The second kappa shape index (κ2) is 3.70. The first-order valence-corrected chi connectivity index (χ1v) is 4.84. The smallest absolute Gasteiger partial charge is 0.326 e. The molecule has 74 valence electrons. The Balaban J connectivity index is 2.26. The average Bonchev–Trinajstić information content (AvgIpc) is 2.39. The molecule has 0 fully saturated rings. The van der Waals surface area contributed by atoms with Gasteiger partial charge in [-0.3, -0.25) is 0 Å². The van der Waals surface area contributed by atoms with Gasteiger partial charge in [-0.25, -0.2) is 4.79 Å². The zero-order chi connectivity index (χ0) is 9.97. The topological polar surface area (TPSA) is 49.3 Å². The van der Waals surface area contributed by atoms with Gasteiger partial charge in [-0.1, -0.05) is 18.2 Å². The monoisotopic (exact) mass is 191 g/mol. The molecule has 0 aliphatic carbocycles. The van der Waals surface area contributed by atoms with Crippen LogP contribution in [-0.4, -0.2) is 17.1 Å². The predicted octanol–water partition coefficient (Wildman–Crippen LogP) is 1.89. The van der Waals surface area contributed by atoms with Crippen molar-refractivity contribution in [3.05, 3.63) is 29.8 Å². The highest BCUT2D eigenvalue weighted by Gasteiger charge is 2.20. The molecule has 0 aromatic heterocycles. The molecule has 0 spiro atoms. The molecule has 0 amide bonds. The molecule has 1 aliphatic rings. The molecule has 0 unspecified atom stereocenters. The maximum atomic E-state index is 10.9. The number of carboxylic acids is 1. The predicted molar refractivity (Wildman–Crippen MR) is 54.4 cm³/mol. The first kappa shape index (κ1) is 9.06. The highest BCUT2D eigenvalue weighted by atomic mass is 16.4. The van der Waals surface area contributed by atoms with E-state index in [1.807, 2.05) is 24.3 Å². The Kier molecular flexibility index (Phi) is 2.39. The van der Waals surface area contributed by atoms with Crippen molar-refractivity contribution < 1.29 is 9.90 Å². The number of anilines is 1. The molecule has 0 saturated heterocycles. The molecule has 0 radical (unpaired) electrons. The van der Waals surface area contributed by atoms with Gasteiger partial charge in [-0.15, -0.1) is 0 Å². The number of carbonyl (C=O) groups is 1. The summed E-state index contributed by atoms with van der Waals surface area (Å²) in [6.45, 7) is 0. The lowest BCUT2D eigenvalue weighted by Crippen LogP contribution is -2.28. The third-order valence-electron chi connectivity index (χ3n) is 2.58. The quantitative estimate of drug-likeness (QED) is 0.712. The molecule has 3 heteroatoms. The third-order valence-corrected chi connectivity index (χ3v) is 2.58. The fourth-order valence-electron chi connectivity index (χ4n) is 1.82. The van der Waals surface area contributed by atoms with E-state index in [0.29, 0.717) is 6.42 Å². The van der Waals surface area contributed by atoms with Crippen LogP contribution in [0.2, 0.25) is 0 Å². The number of nitrogens with one attached hydrogen (secondary N) is 1. The number of carboxylic acid groups (broad SMARTS) is 1. The van der Waals surface area contributed by atoms with Gasteiger partial charge in [0.05, 0.1) is 0 Å². The van der Waals surface area contributed by atoms with Gasteiger partial charge in [0.2, 0.25) is 0 Å². The van der Waals surface area contributed by atoms with E-state index in [2.05, 4.69) is 5.32 Å². The van der Waals surface area contributed by atoms with Crippen LogP contribution < -0.4 is 5.32 Å². The van der Waals surface area contributed by atoms with Gasteiger partial charge in [0, 0.05) is 5.69 Å². The Bertz CT molecular complexity index is 349. The van der Waals surface area contributed by atoms with Crippen LogP contribution in [0.5, 0.6) is 0 Å². The van der Waals surface area contributed by atoms with Crippen molar-refractivity contribution in [2.75, 3.05) is 5.32 Å². The highest BCUT2D eigenvalue weighted by molar-refractivity contribution is 5.78. The number of para-hydroxylation sites is 1. The molecule has 0 saturated carbocycles. The Morgan fingerprint density at radius 2 is 2.21 bits per heavy atom. The summed E-state index contributed by atoms with van der Waals surface area (Å²) in [4.78, 5) is 10.9. The van der Waals surface area contributed by atoms with E-state index in [-0.39, 0.29) is 0 Å². The van der Waals surface area contributed by atoms with Crippen LogP contribution in [-0.2, 0) is 11.2 Å². The van der Waals surface area contributed by atoms with Crippen LogP contribution in [0.25, 0.3) is 0 Å². The van der Waals surface area contributed by atoms with Crippen molar-refractivity contribution in [3.63, 3.8) is 0 Å². The lowest BCUT2D eigenvalue weighted by Gasteiger charge is -2.12. The van der Waals surface area contributed by atoms with Crippen LogP contribution in [0.4, 0.5) is 5.69 Å². The van der Waals surface area contributed by atoms with Crippen molar-refractivity contribution in [1.82, 2.24) is 0 Å². The normalized spacial score (nSPS) is 20.4. The van der Waals surface area contributed by atoms with E-state index in [4.69, 9.17) is 5.11 Å². The van der Waals surface area contributed by atoms with Crippen LogP contribution in [0.15, 0.2) is 24.3 Å². The van der Waals surface area contributed by atoms with Gasteiger partial charge in [0.25, 0.3) is 0 Å². The van der Waals surface area contributed by atoms with Crippen molar-refractivity contribution in [2.45, 2.75) is 25.3 Å². The number of fused-ring (bicyclic) bond motifs is 1. The number of hydrogen-bond donors (Lipinski definition) is 2. The Labute approximate surface area is 82.8 Å². The third kappa shape index (κ3) is 1.71. The Morgan fingerprint density at radius 1 is 1.43 bits per heavy atom. The number of benzene rings is 1. The minimum absolute atomic E-state index is 0.432. The summed E-state index contributed by atoms with van der Waals surface area (Å²) in [5.41, 5.74) is 2.19. The zero-order valence-corrected chi connectivity index (χ0v) is 7.86. The molecule has 1 heterocycles. The fourth-order valence-corrected chi connectivity index (χ4v) is 1.82. The Hall–Kier alpha value is -1.51. The van der Waals surface area contributed by atoms with E-state index in [9.17, 15) is 4.79 Å². The van der Waals surface area contributed by atoms with E-state index >= 15 is 0 Å². The summed E-state index contributed by atoms with van der Waals surface area (Å²) in [5, 5.41) is 12.0. The van der Waals surface area contributed by atoms with Gasteiger partial charge in [-0.2, -0.15) is 0 Å². The molecule has 3 nitrogen and oxygen atoms in total. The molecule has 2 rings (SSSR count). The lowest BCUT2D eigenvalue weighted by atomic mass is 10.1. The summed E-state index contributed by atoms with van der Waals surface area (Å²) in [6, 6.07) is 7.47. The first-order valence-electron chi connectivity index (χ1n) is 4.84. The van der Waals surface area contributed by atoms with Crippen LogP contribution >= 0.6 is 0 Å². The minimum atomic E-state index is -0.762. The molecular formula is C11H13NO2. The number of aryl methyl sites for hydroxylation is 1. The minimum Gasteiger partial charge on any atom is -0.480 e. The standard InChI is InChI=1S/C11H13NO2/c13-11(14)10-7-3-5-8-4-1-2-6-9(8)12-10/h1-2,4,6,10,12H,3,5,7H2,(H,13,14)/t10-/m0/s1. The van der Waals surface area contributed by atoms with Crippen molar-refractivity contribution in [2.24, 2.45) is 0 Å². The summed E-state index contributed by atoms with van der Waals surface area (Å²) in [6.07, 6.45) is 2.60. The molecule has 2 N–H and O–H groups in total. The van der Waals surface area contributed by atoms with Crippen molar-refractivity contribution >= 4 is 11.7 Å². The van der Waals surface area contributed by atoms with Gasteiger partial charge in [0.1, 0.15) is 6.04 Å². The summed E-state index contributed by atoms with van der Waals surface area (Å²) < 4.78 is 0. The maximum absolute atomic E-state index is 10.9. The summed E-state index contributed by atoms with van der Waals surface area (Å²) >= 11 is 0. The summed E-state index contributed by atoms with van der Waals surface area (Å²) in [7, 11) is 0. The second-order valence-corrected chi connectivity index (χ2v) is 3.58. The average molecular weight is 191 g/mol. The SMILES string of the molecule is O=C(O)[C@@H]1CCCc2ccccc2N1. The van der Waals surface area contributed by atoms with Crippen molar-refractivity contribution in [3.8, 4) is 0 Å². The Morgan fingerprint density at radius 3 is 3.00 bits per heavy atom. The van der Waals surface area contributed by atoms with E-state index in [1.165, 1.54) is 5.56 Å². The van der Waals surface area contributed by atoms with Gasteiger partial charge >= 0.3 is 5.97 Å². The van der Waals surface area contributed by atoms with E-state index in [1.54, 1.807) is 0 Å². The van der Waals surface area contributed by atoms with Gasteiger partial charge in [-0.05, 0) is 30.9 Å². The highest BCUT2D eigenvalue weighted by Crippen LogP contribution is 2.23. The summed E-state index contributed by atoms with van der Waals surface area (Å²) in [5.74, 6) is -0.762. The number of aliphatic carboxylic acids is 1.